The smallest absolute Gasteiger partial charge is 0.161 e. The molecule has 0 bridgehead atoms. The second-order valence-electron chi connectivity index (χ2n) is 6.91. The Kier molecular flexibility index (Phi) is 4.68. The molecule has 0 aliphatic carbocycles. The number of allylic oxidation sites excluding steroid dienone is 5. The van der Waals surface area contributed by atoms with E-state index in [9.17, 15) is 0 Å². The van der Waals surface area contributed by atoms with Crippen LogP contribution in [0.15, 0.2) is 79.9 Å². The van der Waals surface area contributed by atoms with Gasteiger partial charge in [-0.3, -0.25) is 15.1 Å². The Labute approximate surface area is 178 Å². The summed E-state index contributed by atoms with van der Waals surface area (Å²) in [6.45, 7) is 5.72. The summed E-state index contributed by atoms with van der Waals surface area (Å²) in [6.07, 6.45) is 14.7. The van der Waals surface area contributed by atoms with Crippen LogP contribution >= 0.6 is 0 Å². The summed E-state index contributed by atoms with van der Waals surface area (Å²) in [5.74, 6) is 0.637. The summed E-state index contributed by atoms with van der Waals surface area (Å²) in [6, 6.07) is 7.83. The van der Waals surface area contributed by atoms with Crippen molar-refractivity contribution >= 4 is 27.6 Å². The molecule has 0 aromatic carbocycles. The number of aromatic nitrogens is 7. The summed E-state index contributed by atoms with van der Waals surface area (Å²) >= 11 is 0. The molecule has 0 saturated carbocycles. The van der Waals surface area contributed by atoms with Crippen LogP contribution in [-0.2, 0) is 0 Å². The molecule has 7 nitrogen and oxygen atoms in total. The van der Waals surface area contributed by atoms with Crippen molar-refractivity contribution in [3.05, 3.63) is 85.6 Å². The molecule has 0 saturated heterocycles. The van der Waals surface area contributed by atoms with Gasteiger partial charge in [0, 0.05) is 24.2 Å². The molecule has 5 rings (SSSR count). The second kappa shape index (κ2) is 7.79. The van der Waals surface area contributed by atoms with E-state index in [1.165, 1.54) is 0 Å². The van der Waals surface area contributed by atoms with Crippen LogP contribution in [0, 0.1) is 0 Å². The van der Waals surface area contributed by atoms with E-state index in [0.717, 1.165) is 44.5 Å². The van der Waals surface area contributed by atoms with Gasteiger partial charge in [-0.05, 0) is 42.3 Å². The number of hydrogen-bond donors (Lipinski definition) is 2. The number of nitrogens with one attached hydrogen (secondary N) is 2. The molecule has 31 heavy (non-hydrogen) atoms. The highest BCUT2D eigenvalue weighted by atomic mass is 15.1. The van der Waals surface area contributed by atoms with Crippen molar-refractivity contribution in [3.8, 4) is 22.6 Å². The van der Waals surface area contributed by atoms with E-state index < -0.39 is 0 Å². The van der Waals surface area contributed by atoms with Crippen LogP contribution in [0.1, 0.15) is 12.6 Å². The number of fused-ring (bicyclic) bond motifs is 2. The van der Waals surface area contributed by atoms with Gasteiger partial charge < -0.3 is 4.98 Å². The second-order valence-corrected chi connectivity index (χ2v) is 6.91. The van der Waals surface area contributed by atoms with Crippen LogP contribution in [-0.4, -0.2) is 35.1 Å². The van der Waals surface area contributed by atoms with Gasteiger partial charge >= 0.3 is 0 Å². The number of nitrogens with zero attached hydrogens (tertiary/aromatic N) is 5. The van der Waals surface area contributed by atoms with Gasteiger partial charge in [0.2, 0.25) is 0 Å². The Bertz CT molecular complexity index is 1460. The molecule has 2 N–H and O–H groups in total. The zero-order valence-electron chi connectivity index (χ0n) is 16.9. The Hall–Kier alpha value is -4.39. The zero-order chi connectivity index (χ0) is 21.2. The van der Waals surface area contributed by atoms with E-state index in [1.54, 1.807) is 24.7 Å². The largest absolute Gasteiger partial charge is 0.335 e. The number of pyridine rings is 3. The van der Waals surface area contributed by atoms with Crippen molar-refractivity contribution in [1.29, 1.82) is 0 Å². The Morgan fingerprint density at radius 3 is 2.65 bits per heavy atom. The molecule has 5 aromatic heterocycles. The molecule has 150 valence electrons. The monoisotopic (exact) mass is 405 g/mol. The van der Waals surface area contributed by atoms with Gasteiger partial charge in [-0.2, -0.15) is 5.10 Å². The molecule has 0 atom stereocenters. The fourth-order valence-electron chi connectivity index (χ4n) is 3.51. The fourth-order valence-corrected chi connectivity index (χ4v) is 3.51. The number of aromatic amines is 2. The standard InChI is InChI=1S/C24H19N7/c1-3-5-6-15(4-2)18-7-8-19-22(27-18)23(31-30-19)24-28-20-14-26-13-17(21(20)29-24)16-9-11-25-12-10-16/h3-14H,1H2,2H3,(H,28,29)(H,30,31)/b6-5-,15-4+. The first-order chi connectivity index (χ1) is 15.3. The lowest BCUT2D eigenvalue weighted by Crippen LogP contribution is -1.89. The molecule has 0 radical (unpaired) electrons. The first-order valence-corrected chi connectivity index (χ1v) is 9.84. The van der Waals surface area contributed by atoms with Crippen molar-refractivity contribution in [2.75, 3.05) is 0 Å². The summed E-state index contributed by atoms with van der Waals surface area (Å²) in [5.41, 5.74) is 7.71. The fraction of sp³-hybridized carbons (Fsp3) is 0.0417. The predicted molar refractivity (Wildman–Crippen MR) is 123 cm³/mol. The summed E-state index contributed by atoms with van der Waals surface area (Å²) in [7, 11) is 0. The van der Waals surface area contributed by atoms with Crippen LogP contribution < -0.4 is 0 Å². The molecule has 0 aliphatic heterocycles. The molecular formula is C24H19N7. The third-order valence-corrected chi connectivity index (χ3v) is 5.04. The van der Waals surface area contributed by atoms with Crippen molar-refractivity contribution < 1.29 is 0 Å². The maximum Gasteiger partial charge on any atom is 0.161 e. The SMILES string of the molecule is C=C/C=C\C(=C/C)c1ccc2[nH]nc(-c3nc4c(-c5ccncc5)cncc4[nH]3)c2n1. The minimum absolute atomic E-state index is 0.637. The molecule has 7 heteroatoms. The van der Waals surface area contributed by atoms with Crippen molar-refractivity contribution in [2.45, 2.75) is 6.92 Å². The normalized spacial score (nSPS) is 12.2. The van der Waals surface area contributed by atoms with E-state index in [2.05, 4.69) is 31.7 Å². The molecule has 0 fully saturated rings. The van der Waals surface area contributed by atoms with Crippen molar-refractivity contribution in [3.63, 3.8) is 0 Å². The van der Waals surface area contributed by atoms with Gasteiger partial charge in [0.1, 0.15) is 5.52 Å². The van der Waals surface area contributed by atoms with E-state index in [4.69, 9.17) is 9.97 Å². The molecule has 0 spiro atoms. The van der Waals surface area contributed by atoms with Crippen molar-refractivity contribution in [1.82, 2.24) is 35.1 Å². The van der Waals surface area contributed by atoms with E-state index in [-0.39, 0.29) is 0 Å². The lowest BCUT2D eigenvalue weighted by Gasteiger charge is -2.01. The molecule has 0 unspecified atom stereocenters. The molecule has 0 amide bonds. The van der Waals surface area contributed by atoms with Crippen LogP contribution in [0.5, 0.6) is 0 Å². The van der Waals surface area contributed by atoms with Crippen LogP contribution in [0.2, 0.25) is 0 Å². The third-order valence-electron chi connectivity index (χ3n) is 5.04. The van der Waals surface area contributed by atoms with Crippen LogP contribution in [0.4, 0.5) is 0 Å². The van der Waals surface area contributed by atoms with Gasteiger partial charge in [0.05, 0.1) is 28.4 Å². The summed E-state index contributed by atoms with van der Waals surface area (Å²) < 4.78 is 0. The van der Waals surface area contributed by atoms with Crippen LogP contribution in [0.3, 0.4) is 0 Å². The van der Waals surface area contributed by atoms with Crippen LogP contribution in [0.25, 0.3) is 50.3 Å². The topological polar surface area (TPSA) is 96.0 Å². The van der Waals surface area contributed by atoms with E-state index in [0.29, 0.717) is 11.5 Å². The van der Waals surface area contributed by atoms with E-state index >= 15 is 0 Å². The van der Waals surface area contributed by atoms with Gasteiger partial charge in [0.15, 0.2) is 11.5 Å². The van der Waals surface area contributed by atoms with E-state index in [1.807, 2.05) is 55.6 Å². The lowest BCUT2D eigenvalue weighted by molar-refractivity contribution is 1.10. The summed E-state index contributed by atoms with van der Waals surface area (Å²) in [4.78, 5) is 21.5. The minimum atomic E-state index is 0.637. The third kappa shape index (κ3) is 3.32. The first kappa shape index (κ1) is 18.6. The zero-order valence-corrected chi connectivity index (χ0v) is 16.9. The predicted octanol–water partition coefficient (Wildman–Crippen LogP) is 5.10. The summed E-state index contributed by atoms with van der Waals surface area (Å²) in [5, 5.41) is 7.54. The lowest BCUT2D eigenvalue weighted by atomic mass is 10.1. The average Bonchev–Trinajstić information content (AvgIpc) is 3.43. The van der Waals surface area contributed by atoms with Crippen molar-refractivity contribution in [2.24, 2.45) is 0 Å². The number of hydrogen-bond acceptors (Lipinski definition) is 5. The van der Waals surface area contributed by atoms with Gasteiger partial charge in [-0.15, -0.1) is 0 Å². The highest BCUT2D eigenvalue weighted by molar-refractivity contribution is 5.95. The number of imidazole rings is 1. The average molecular weight is 405 g/mol. The molecule has 0 aliphatic rings. The van der Waals surface area contributed by atoms with Gasteiger partial charge in [0.25, 0.3) is 0 Å². The van der Waals surface area contributed by atoms with Gasteiger partial charge in [-0.1, -0.05) is 30.9 Å². The maximum absolute atomic E-state index is 4.85. The highest BCUT2D eigenvalue weighted by Gasteiger charge is 2.17. The Morgan fingerprint density at radius 1 is 0.968 bits per heavy atom. The maximum atomic E-state index is 4.85. The highest BCUT2D eigenvalue weighted by Crippen LogP contribution is 2.30. The Balaban J connectivity index is 1.65. The first-order valence-electron chi connectivity index (χ1n) is 9.84. The molecular weight excluding hydrogens is 386 g/mol. The minimum Gasteiger partial charge on any atom is -0.335 e. The van der Waals surface area contributed by atoms with Gasteiger partial charge in [-0.25, -0.2) is 9.97 Å². The number of H-pyrrole nitrogens is 2. The molecule has 5 aromatic rings. The molecule has 5 heterocycles. The quantitative estimate of drug-likeness (QED) is 0.396. The number of rotatable bonds is 5. The Morgan fingerprint density at radius 2 is 1.84 bits per heavy atom.